The molecule has 5 heteroatoms. The Balaban J connectivity index is 1.71. The molecular formula is C26H44O4S. The van der Waals surface area contributed by atoms with E-state index in [0.717, 1.165) is 50.0 Å². The Kier molecular flexibility index (Phi) is 11.7. The summed E-state index contributed by atoms with van der Waals surface area (Å²) in [4.78, 5) is 10.5. The van der Waals surface area contributed by atoms with Gasteiger partial charge in [0.05, 0.1) is 18.3 Å². The number of aliphatic carboxylic acids is 1. The molecule has 31 heavy (non-hydrogen) atoms. The highest BCUT2D eigenvalue weighted by molar-refractivity contribution is 7.99. The predicted octanol–water partition coefficient (Wildman–Crippen LogP) is 6.24. The lowest BCUT2D eigenvalue weighted by atomic mass is 9.76. The van der Waals surface area contributed by atoms with Gasteiger partial charge >= 0.3 is 5.97 Å². The maximum Gasteiger partial charge on any atom is 0.303 e. The molecule has 0 aromatic heterocycles. The van der Waals surface area contributed by atoms with Crippen LogP contribution < -0.4 is 0 Å². The first-order valence-electron chi connectivity index (χ1n) is 12.3. The fourth-order valence-electron chi connectivity index (χ4n) is 4.83. The van der Waals surface area contributed by atoms with E-state index < -0.39 is 12.1 Å². The molecule has 2 saturated heterocycles. The first-order chi connectivity index (χ1) is 14.8. The topological polar surface area (TPSA) is 66.8 Å². The van der Waals surface area contributed by atoms with E-state index in [0.29, 0.717) is 24.0 Å². The van der Waals surface area contributed by atoms with E-state index in [1.165, 1.54) is 19.3 Å². The summed E-state index contributed by atoms with van der Waals surface area (Å²) in [6, 6.07) is 0. The number of carboxylic acid groups (broad SMARTS) is 1. The van der Waals surface area contributed by atoms with Crippen LogP contribution >= 0.6 is 11.8 Å². The molecule has 2 aliphatic rings. The molecule has 2 bridgehead atoms. The number of hydrogen-bond acceptors (Lipinski definition) is 4. The van der Waals surface area contributed by atoms with Crippen LogP contribution in [0.15, 0.2) is 24.3 Å². The fraction of sp³-hybridized carbons (Fsp3) is 0.808. The Hall–Kier alpha value is -0.780. The van der Waals surface area contributed by atoms with E-state index in [1.54, 1.807) is 0 Å². The molecule has 0 aromatic carbocycles. The van der Waals surface area contributed by atoms with Gasteiger partial charge in [0.15, 0.2) is 0 Å². The third-order valence-corrected chi connectivity index (χ3v) is 7.92. The van der Waals surface area contributed by atoms with Gasteiger partial charge < -0.3 is 14.9 Å². The smallest absolute Gasteiger partial charge is 0.303 e. The third-order valence-electron chi connectivity index (χ3n) is 6.97. The number of aliphatic hydroxyl groups is 1. The Labute approximate surface area is 193 Å². The Bertz CT molecular complexity index is 586. The van der Waals surface area contributed by atoms with Gasteiger partial charge in [0.25, 0.3) is 0 Å². The second-order valence-corrected chi connectivity index (χ2v) is 11.1. The van der Waals surface area contributed by atoms with E-state index in [1.807, 2.05) is 11.8 Å². The van der Waals surface area contributed by atoms with Crippen molar-refractivity contribution in [3.8, 4) is 0 Å². The van der Waals surface area contributed by atoms with Crippen LogP contribution in [-0.2, 0) is 9.53 Å². The molecule has 4 nitrogen and oxygen atoms in total. The molecular weight excluding hydrogens is 408 g/mol. The number of fused-ring (bicyclic) bond motifs is 2. The van der Waals surface area contributed by atoms with Crippen molar-refractivity contribution in [2.75, 3.05) is 11.5 Å². The van der Waals surface area contributed by atoms with Crippen LogP contribution in [-0.4, -0.2) is 46.0 Å². The van der Waals surface area contributed by atoms with Crippen molar-refractivity contribution in [1.29, 1.82) is 0 Å². The van der Waals surface area contributed by atoms with E-state index in [9.17, 15) is 9.90 Å². The summed E-state index contributed by atoms with van der Waals surface area (Å²) in [5.41, 5.74) is -0.0731. The van der Waals surface area contributed by atoms with Gasteiger partial charge in [-0.3, -0.25) is 4.79 Å². The molecule has 2 fully saturated rings. The second kappa shape index (κ2) is 13.7. The average molecular weight is 453 g/mol. The standard InChI is InChI=1S/C26H44O4S/c1-4-5-17-26(2,3)24(27)15-12-20-21(23-14-13-22(20)30-23)16-19-31-18-10-8-6-7-9-11-25(28)29/h8,10,12,15,20-24,27H,4-7,9,11,13-14,16-19H2,1-3H3,(H,28,29)/b10-8?,15-12+/t20-,21+,22-,23+,24?/m0/s1. The van der Waals surface area contributed by atoms with E-state index in [2.05, 4.69) is 45.1 Å². The number of ether oxygens (including phenoxy) is 1. The van der Waals surface area contributed by atoms with Crippen LogP contribution in [0.3, 0.4) is 0 Å². The minimum absolute atomic E-state index is 0.0731. The predicted molar refractivity (Wildman–Crippen MR) is 131 cm³/mol. The zero-order valence-electron chi connectivity index (χ0n) is 19.8. The normalized spacial score (nSPS) is 27.0. The molecule has 2 aliphatic heterocycles. The first kappa shape index (κ1) is 26.5. The van der Waals surface area contributed by atoms with Crippen molar-refractivity contribution >= 4 is 17.7 Å². The van der Waals surface area contributed by atoms with E-state index in [-0.39, 0.29) is 11.8 Å². The molecule has 2 N–H and O–H groups in total. The van der Waals surface area contributed by atoms with Crippen molar-refractivity contribution in [1.82, 2.24) is 0 Å². The summed E-state index contributed by atoms with van der Waals surface area (Å²) in [7, 11) is 0. The van der Waals surface area contributed by atoms with E-state index in [4.69, 9.17) is 9.84 Å². The summed E-state index contributed by atoms with van der Waals surface area (Å²) in [5.74, 6) is 2.47. The van der Waals surface area contributed by atoms with Crippen LogP contribution in [0.1, 0.15) is 85.0 Å². The zero-order valence-corrected chi connectivity index (χ0v) is 20.6. The van der Waals surface area contributed by atoms with Gasteiger partial charge in [-0.25, -0.2) is 0 Å². The molecule has 0 radical (unpaired) electrons. The highest BCUT2D eigenvalue weighted by Crippen LogP contribution is 2.46. The van der Waals surface area contributed by atoms with Gasteiger partial charge in [0.1, 0.15) is 0 Å². The summed E-state index contributed by atoms with van der Waals surface area (Å²) < 4.78 is 6.23. The molecule has 5 atom stereocenters. The maximum absolute atomic E-state index is 10.7. The molecule has 1 unspecified atom stereocenters. The van der Waals surface area contributed by atoms with Gasteiger partial charge in [-0.2, -0.15) is 11.8 Å². The lowest BCUT2D eigenvalue weighted by molar-refractivity contribution is -0.137. The molecule has 0 aromatic rings. The van der Waals surface area contributed by atoms with Crippen molar-refractivity contribution in [3.05, 3.63) is 24.3 Å². The van der Waals surface area contributed by atoms with Crippen molar-refractivity contribution in [2.45, 2.75) is 103 Å². The van der Waals surface area contributed by atoms with Crippen molar-refractivity contribution in [3.63, 3.8) is 0 Å². The van der Waals surface area contributed by atoms with Crippen LogP contribution in [0.2, 0.25) is 0 Å². The van der Waals surface area contributed by atoms with Gasteiger partial charge in [0, 0.05) is 18.1 Å². The van der Waals surface area contributed by atoms with Crippen molar-refractivity contribution < 1.29 is 19.7 Å². The fourth-order valence-corrected chi connectivity index (χ4v) is 5.70. The summed E-state index contributed by atoms with van der Waals surface area (Å²) in [6.45, 7) is 6.54. The largest absolute Gasteiger partial charge is 0.481 e. The minimum Gasteiger partial charge on any atom is -0.481 e. The molecule has 178 valence electrons. The number of thioether (sulfide) groups is 1. The number of carboxylic acids is 1. The van der Waals surface area contributed by atoms with Gasteiger partial charge in [-0.05, 0) is 62.0 Å². The highest BCUT2D eigenvalue weighted by Gasteiger charge is 2.47. The van der Waals surface area contributed by atoms with Crippen LogP contribution in [0.25, 0.3) is 0 Å². The van der Waals surface area contributed by atoms with Crippen LogP contribution in [0.4, 0.5) is 0 Å². The number of rotatable bonds is 16. The number of allylic oxidation sites excluding steroid dienone is 1. The van der Waals surface area contributed by atoms with Crippen LogP contribution in [0.5, 0.6) is 0 Å². The second-order valence-electron chi connectivity index (χ2n) is 9.93. The van der Waals surface area contributed by atoms with Crippen molar-refractivity contribution in [2.24, 2.45) is 17.3 Å². The minimum atomic E-state index is -0.702. The van der Waals surface area contributed by atoms with Gasteiger partial charge in [-0.15, -0.1) is 0 Å². The average Bonchev–Trinajstić information content (AvgIpc) is 3.33. The Morgan fingerprint density at radius 2 is 1.97 bits per heavy atom. The Morgan fingerprint density at radius 1 is 1.19 bits per heavy atom. The SMILES string of the molecule is CCCCC(C)(C)C(O)/C=C/[C@H]1[C@@H](CCSCC=CCCCCC(=O)O)[C@H]2CC[C@@H]1O2. The molecule has 0 saturated carbocycles. The first-order valence-corrected chi connectivity index (χ1v) is 13.5. The number of aliphatic hydroxyl groups excluding tert-OH is 1. The molecule has 0 aliphatic carbocycles. The van der Waals surface area contributed by atoms with E-state index >= 15 is 0 Å². The maximum atomic E-state index is 10.7. The third kappa shape index (κ3) is 8.94. The summed E-state index contributed by atoms with van der Waals surface area (Å²) in [5, 5.41) is 19.4. The Morgan fingerprint density at radius 3 is 2.71 bits per heavy atom. The zero-order chi connectivity index (χ0) is 22.7. The van der Waals surface area contributed by atoms with Gasteiger partial charge in [0.2, 0.25) is 0 Å². The van der Waals surface area contributed by atoms with Crippen LogP contribution in [0, 0.1) is 17.3 Å². The number of unbranched alkanes of at least 4 members (excludes halogenated alkanes) is 3. The lowest BCUT2D eigenvalue weighted by Crippen LogP contribution is -2.29. The quantitative estimate of drug-likeness (QED) is 0.214. The molecule has 0 amide bonds. The molecule has 2 rings (SSSR count). The number of hydrogen-bond donors (Lipinski definition) is 2. The molecule has 2 heterocycles. The summed E-state index contributed by atoms with van der Waals surface area (Å²) in [6.07, 6.45) is 18.9. The highest BCUT2D eigenvalue weighted by atomic mass is 32.2. The lowest BCUT2D eigenvalue weighted by Gasteiger charge is -2.30. The number of carbonyl (C=O) groups is 1. The summed E-state index contributed by atoms with van der Waals surface area (Å²) >= 11 is 1.97. The van der Waals surface area contributed by atoms with Gasteiger partial charge in [-0.1, -0.05) is 57.9 Å². The monoisotopic (exact) mass is 452 g/mol. The molecule has 0 spiro atoms.